The smallest absolute Gasteiger partial charge is 0.328 e. The SMILES string of the molecule is CC(C)(C)N([O])C1C(=O)NC(=O)N([C@@H]2O[C@H](CO)[C@@H](O)[C@H]2O)C1O. The number of imide groups is 1. The van der Waals surface area contributed by atoms with Crippen molar-refractivity contribution in [3.63, 3.8) is 0 Å². The van der Waals surface area contributed by atoms with Gasteiger partial charge in [0.15, 0.2) is 18.5 Å². The van der Waals surface area contributed by atoms with Crippen LogP contribution < -0.4 is 5.32 Å². The number of hydrogen-bond donors (Lipinski definition) is 5. The highest BCUT2D eigenvalue weighted by atomic mass is 16.6. The van der Waals surface area contributed by atoms with E-state index in [1.807, 2.05) is 5.32 Å². The molecule has 2 fully saturated rings. The van der Waals surface area contributed by atoms with E-state index >= 15 is 0 Å². The topological polar surface area (TPSA) is 163 Å². The molecule has 5 N–H and O–H groups in total. The van der Waals surface area contributed by atoms with Crippen molar-refractivity contribution in [1.82, 2.24) is 15.3 Å². The molecule has 2 aliphatic rings. The van der Waals surface area contributed by atoms with Crippen molar-refractivity contribution in [2.45, 2.75) is 63.1 Å². The predicted octanol–water partition coefficient (Wildman–Crippen LogP) is -2.89. The number of hydroxylamine groups is 2. The van der Waals surface area contributed by atoms with Crippen molar-refractivity contribution < 1.29 is 40.0 Å². The van der Waals surface area contributed by atoms with Gasteiger partial charge >= 0.3 is 6.03 Å². The summed E-state index contributed by atoms with van der Waals surface area (Å²) in [6.45, 7) is 3.94. The Bertz CT molecular complexity index is 510. The normalized spacial score (nSPS) is 38.0. The molecule has 2 unspecified atom stereocenters. The molecule has 0 aromatic rings. The molecule has 2 aliphatic heterocycles. The van der Waals surface area contributed by atoms with Crippen LogP contribution in [-0.4, -0.2) is 91.3 Å². The van der Waals surface area contributed by atoms with Gasteiger partial charge in [-0.05, 0) is 20.8 Å². The Morgan fingerprint density at radius 3 is 2.25 bits per heavy atom. The first-order valence-electron chi connectivity index (χ1n) is 7.41. The number of urea groups is 1. The maximum Gasteiger partial charge on any atom is 0.328 e. The number of rotatable bonds is 3. The lowest BCUT2D eigenvalue weighted by Crippen LogP contribution is -2.71. The van der Waals surface area contributed by atoms with Gasteiger partial charge in [0.2, 0.25) is 0 Å². The fourth-order valence-electron chi connectivity index (χ4n) is 2.67. The molecule has 0 spiro atoms. The van der Waals surface area contributed by atoms with Gasteiger partial charge in [-0.2, -0.15) is 0 Å². The third-order valence-corrected chi connectivity index (χ3v) is 4.01. The molecule has 11 nitrogen and oxygen atoms in total. The van der Waals surface area contributed by atoms with E-state index in [0.717, 1.165) is 0 Å². The van der Waals surface area contributed by atoms with Gasteiger partial charge < -0.3 is 25.2 Å². The van der Waals surface area contributed by atoms with Gasteiger partial charge in [0.25, 0.3) is 5.91 Å². The van der Waals surface area contributed by atoms with Crippen molar-refractivity contribution in [3.8, 4) is 0 Å². The lowest BCUT2D eigenvalue weighted by Gasteiger charge is -2.44. The monoisotopic (exact) mass is 348 g/mol. The summed E-state index contributed by atoms with van der Waals surface area (Å²) in [5.74, 6) is -0.986. The highest BCUT2D eigenvalue weighted by Gasteiger charge is 2.55. The molecule has 0 aromatic carbocycles. The minimum Gasteiger partial charge on any atom is -0.394 e. The second-order valence-electron chi connectivity index (χ2n) is 6.79. The molecular weight excluding hydrogens is 326 g/mol. The first-order chi connectivity index (χ1) is 11.0. The summed E-state index contributed by atoms with van der Waals surface area (Å²) < 4.78 is 5.19. The number of amides is 3. The lowest BCUT2D eigenvalue weighted by atomic mass is 10.0. The van der Waals surface area contributed by atoms with Crippen molar-refractivity contribution in [3.05, 3.63) is 0 Å². The summed E-state index contributed by atoms with van der Waals surface area (Å²) in [5, 5.41) is 53.9. The van der Waals surface area contributed by atoms with E-state index < -0.39 is 60.9 Å². The van der Waals surface area contributed by atoms with Crippen molar-refractivity contribution in [2.24, 2.45) is 0 Å². The van der Waals surface area contributed by atoms with Gasteiger partial charge in [0, 0.05) is 5.54 Å². The quantitative estimate of drug-likeness (QED) is 0.339. The van der Waals surface area contributed by atoms with Crippen LogP contribution in [-0.2, 0) is 14.7 Å². The molecule has 2 saturated heterocycles. The minimum atomic E-state index is -1.91. The largest absolute Gasteiger partial charge is 0.394 e. The Labute approximate surface area is 138 Å². The maximum absolute atomic E-state index is 12.3. The molecule has 0 bridgehead atoms. The standard InChI is InChI=1S/C13H22N3O8/c1-13(2,3)16(23)6-9(20)14-12(22)15(10(6)21)11-8(19)7(18)5(4-17)24-11/h5-8,10-11,17-19,21H,4H2,1-3H3,(H,14,20,22)/t5-,6?,7-,8-,10?,11-/m1/s1. The average molecular weight is 348 g/mol. The van der Waals surface area contributed by atoms with E-state index in [9.17, 15) is 30.1 Å². The zero-order valence-electron chi connectivity index (χ0n) is 13.5. The molecule has 24 heavy (non-hydrogen) atoms. The molecule has 1 radical (unpaired) electrons. The summed E-state index contributed by atoms with van der Waals surface area (Å²) in [7, 11) is 0. The van der Waals surface area contributed by atoms with Gasteiger partial charge in [-0.1, -0.05) is 0 Å². The molecule has 6 atom stereocenters. The van der Waals surface area contributed by atoms with E-state index in [0.29, 0.717) is 9.96 Å². The van der Waals surface area contributed by atoms with Crippen LogP contribution in [0.2, 0.25) is 0 Å². The maximum atomic E-state index is 12.3. The number of nitrogens with zero attached hydrogens (tertiary/aromatic N) is 2. The fourth-order valence-corrected chi connectivity index (χ4v) is 2.67. The third-order valence-electron chi connectivity index (χ3n) is 4.01. The minimum absolute atomic E-state index is 0.341. The van der Waals surface area contributed by atoms with Crippen molar-refractivity contribution in [1.29, 1.82) is 0 Å². The molecule has 0 saturated carbocycles. The number of nitrogens with one attached hydrogen (secondary N) is 1. The lowest BCUT2D eigenvalue weighted by molar-refractivity contribution is -0.271. The summed E-state index contributed by atoms with van der Waals surface area (Å²) in [6.07, 6.45) is -7.75. The average Bonchev–Trinajstić information content (AvgIpc) is 2.74. The highest BCUT2D eigenvalue weighted by Crippen LogP contribution is 2.29. The van der Waals surface area contributed by atoms with Gasteiger partial charge in [0.05, 0.1) is 6.61 Å². The second-order valence-corrected chi connectivity index (χ2v) is 6.79. The molecule has 11 heteroatoms. The zero-order valence-corrected chi connectivity index (χ0v) is 13.5. The number of aliphatic hydroxyl groups is 4. The number of carbonyl (C=O) groups excluding carboxylic acids is 2. The second kappa shape index (κ2) is 6.52. The third kappa shape index (κ3) is 3.11. The molecule has 137 valence electrons. The van der Waals surface area contributed by atoms with Crippen molar-refractivity contribution in [2.75, 3.05) is 6.61 Å². The van der Waals surface area contributed by atoms with E-state index in [2.05, 4.69) is 0 Å². The molecule has 0 aromatic heterocycles. The van der Waals surface area contributed by atoms with Crippen LogP contribution in [0, 0.1) is 0 Å². The Morgan fingerprint density at radius 1 is 1.21 bits per heavy atom. The van der Waals surface area contributed by atoms with Gasteiger partial charge in [0.1, 0.15) is 18.3 Å². The van der Waals surface area contributed by atoms with Crippen LogP contribution in [0.4, 0.5) is 4.79 Å². The first-order valence-corrected chi connectivity index (χ1v) is 7.41. The summed E-state index contributed by atoms with van der Waals surface area (Å²) in [4.78, 5) is 24.6. The zero-order chi connectivity index (χ0) is 18.4. The van der Waals surface area contributed by atoms with E-state index in [-0.39, 0.29) is 0 Å². The summed E-state index contributed by atoms with van der Waals surface area (Å²) in [6, 6.07) is -2.73. The van der Waals surface area contributed by atoms with Crippen LogP contribution in [0.1, 0.15) is 20.8 Å². The summed E-state index contributed by atoms with van der Waals surface area (Å²) >= 11 is 0. The molecule has 0 aliphatic carbocycles. The van der Waals surface area contributed by atoms with Crippen LogP contribution >= 0.6 is 0 Å². The van der Waals surface area contributed by atoms with Crippen LogP contribution in [0.15, 0.2) is 0 Å². The van der Waals surface area contributed by atoms with E-state index in [4.69, 9.17) is 9.84 Å². The van der Waals surface area contributed by atoms with E-state index in [1.165, 1.54) is 20.8 Å². The Balaban J connectivity index is 2.30. The Hall–Kier alpha value is -1.34. The van der Waals surface area contributed by atoms with Crippen molar-refractivity contribution >= 4 is 11.9 Å². The number of aliphatic hydroxyl groups excluding tert-OH is 4. The number of hydrogen-bond acceptors (Lipinski definition) is 8. The van der Waals surface area contributed by atoms with Gasteiger partial charge in [-0.25, -0.2) is 4.79 Å². The molecule has 2 rings (SSSR count). The molecule has 2 heterocycles. The Morgan fingerprint density at radius 2 is 1.79 bits per heavy atom. The van der Waals surface area contributed by atoms with E-state index in [1.54, 1.807) is 0 Å². The number of ether oxygens (including phenoxy) is 1. The van der Waals surface area contributed by atoms with Crippen LogP contribution in [0.3, 0.4) is 0 Å². The summed E-state index contributed by atoms with van der Waals surface area (Å²) in [5.41, 5.74) is -1.04. The van der Waals surface area contributed by atoms with Crippen LogP contribution in [0.5, 0.6) is 0 Å². The number of carbonyl (C=O) groups is 2. The van der Waals surface area contributed by atoms with Crippen LogP contribution in [0.25, 0.3) is 0 Å². The molecular formula is C13H22N3O8. The predicted molar refractivity (Wildman–Crippen MR) is 75.2 cm³/mol. The fraction of sp³-hybridized carbons (Fsp3) is 0.846. The highest BCUT2D eigenvalue weighted by molar-refractivity contribution is 6.00. The van der Waals surface area contributed by atoms with Gasteiger partial charge in [-0.15, -0.1) is 10.3 Å². The van der Waals surface area contributed by atoms with Gasteiger partial charge in [-0.3, -0.25) is 15.0 Å². The molecule has 3 amide bonds. The Kier molecular flexibility index (Phi) is 5.16. The first kappa shape index (κ1) is 19.0.